The van der Waals surface area contributed by atoms with Crippen molar-refractivity contribution in [2.45, 2.75) is 31.7 Å². The van der Waals surface area contributed by atoms with E-state index >= 15 is 0 Å². The first kappa shape index (κ1) is 14.6. The summed E-state index contributed by atoms with van der Waals surface area (Å²) in [5, 5.41) is 14.9. The van der Waals surface area contributed by atoms with Gasteiger partial charge in [-0.25, -0.2) is 0 Å². The molecule has 0 aromatic carbocycles. The lowest BCUT2D eigenvalue weighted by molar-refractivity contribution is 0.0674. The van der Waals surface area contributed by atoms with Crippen LogP contribution in [0.1, 0.15) is 41.0 Å². The van der Waals surface area contributed by atoms with Crippen molar-refractivity contribution in [1.82, 2.24) is 24.9 Å². The monoisotopic (exact) mass is 332 g/mol. The minimum absolute atomic E-state index is 0.0567. The van der Waals surface area contributed by atoms with Crippen molar-refractivity contribution in [3.63, 3.8) is 0 Å². The SMILES string of the molecule is CC1CN(c2nnc(C3CC3)s2)CCN1C(=O)c1cnn(C)c1. The molecular formula is C15H20N6OS. The molecule has 3 heterocycles. The second-order valence-corrected chi connectivity index (χ2v) is 7.38. The zero-order valence-electron chi connectivity index (χ0n) is 13.3. The number of carbonyl (C=O) groups excluding carboxylic acids is 1. The summed E-state index contributed by atoms with van der Waals surface area (Å²) < 4.78 is 1.66. The lowest BCUT2D eigenvalue weighted by Gasteiger charge is -2.39. The van der Waals surface area contributed by atoms with Crippen LogP contribution in [0.15, 0.2) is 12.4 Å². The van der Waals surface area contributed by atoms with Gasteiger partial charge in [0, 0.05) is 44.8 Å². The molecule has 2 fully saturated rings. The fraction of sp³-hybridized carbons (Fsp3) is 0.600. The Morgan fingerprint density at radius 2 is 2.13 bits per heavy atom. The van der Waals surface area contributed by atoms with Crippen LogP contribution in [0.25, 0.3) is 0 Å². The number of aromatic nitrogens is 4. The van der Waals surface area contributed by atoms with Gasteiger partial charge < -0.3 is 9.80 Å². The van der Waals surface area contributed by atoms with Crippen molar-refractivity contribution < 1.29 is 4.79 Å². The van der Waals surface area contributed by atoms with Gasteiger partial charge >= 0.3 is 0 Å². The van der Waals surface area contributed by atoms with Crippen LogP contribution >= 0.6 is 11.3 Å². The van der Waals surface area contributed by atoms with E-state index in [1.54, 1.807) is 28.4 Å². The van der Waals surface area contributed by atoms with Crippen molar-refractivity contribution in [3.8, 4) is 0 Å². The fourth-order valence-electron chi connectivity index (χ4n) is 2.98. The minimum atomic E-state index is 0.0567. The zero-order chi connectivity index (χ0) is 16.0. The number of hydrogen-bond acceptors (Lipinski definition) is 6. The topological polar surface area (TPSA) is 67.2 Å². The highest BCUT2D eigenvalue weighted by atomic mass is 32.1. The van der Waals surface area contributed by atoms with Crippen LogP contribution < -0.4 is 4.90 Å². The zero-order valence-corrected chi connectivity index (χ0v) is 14.2. The molecule has 1 unspecified atom stereocenters. The van der Waals surface area contributed by atoms with Crippen LogP contribution in [-0.4, -0.2) is 56.5 Å². The summed E-state index contributed by atoms with van der Waals surface area (Å²) in [5.41, 5.74) is 0.653. The smallest absolute Gasteiger partial charge is 0.257 e. The van der Waals surface area contributed by atoms with Gasteiger partial charge in [-0.15, -0.1) is 10.2 Å². The van der Waals surface area contributed by atoms with E-state index in [0.717, 1.165) is 18.2 Å². The van der Waals surface area contributed by atoms with Crippen LogP contribution in [0.4, 0.5) is 5.13 Å². The van der Waals surface area contributed by atoms with E-state index in [2.05, 4.69) is 27.1 Å². The van der Waals surface area contributed by atoms with Crippen LogP contribution in [0.2, 0.25) is 0 Å². The Balaban J connectivity index is 1.43. The molecule has 2 aliphatic rings. The average Bonchev–Trinajstić information content (AvgIpc) is 3.10. The molecule has 2 aromatic rings. The minimum Gasteiger partial charge on any atom is -0.343 e. The number of piperazine rings is 1. The van der Waals surface area contributed by atoms with Crippen LogP contribution in [-0.2, 0) is 7.05 Å². The molecule has 1 amide bonds. The largest absolute Gasteiger partial charge is 0.343 e. The number of nitrogens with zero attached hydrogens (tertiary/aromatic N) is 6. The molecule has 7 nitrogen and oxygen atoms in total. The third-order valence-electron chi connectivity index (χ3n) is 4.47. The molecule has 0 radical (unpaired) electrons. The van der Waals surface area contributed by atoms with Gasteiger partial charge in [0.1, 0.15) is 5.01 Å². The van der Waals surface area contributed by atoms with Gasteiger partial charge in [-0.05, 0) is 19.8 Å². The molecule has 1 saturated carbocycles. The number of anilines is 1. The van der Waals surface area contributed by atoms with Gasteiger partial charge in [0.2, 0.25) is 5.13 Å². The van der Waals surface area contributed by atoms with Crippen LogP contribution in [0.5, 0.6) is 0 Å². The third-order valence-corrected chi connectivity index (χ3v) is 5.61. The summed E-state index contributed by atoms with van der Waals surface area (Å²) >= 11 is 1.71. The normalized spacial score (nSPS) is 21.7. The summed E-state index contributed by atoms with van der Waals surface area (Å²) in [6.07, 6.45) is 5.90. The number of rotatable bonds is 3. The Morgan fingerprint density at radius 1 is 1.30 bits per heavy atom. The molecule has 0 bridgehead atoms. The molecule has 1 aliphatic carbocycles. The Bertz CT molecular complexity index is 721. The highest BCUT2D eigenvalue weighted by molar-refractivity contribution is 7.15. The standard InChI is InChI=1S/C15H20N6OS/c1-10-8-20(15-18-17-13(23-15)11-3-4-11)5-6-21(10)14(22)12-7-16-19(2)9-12/h7,9-11H,3-6,8H2,1-2H3. The highest BCUT2D eigenvalue weighted by Gasteiger charge is 2.32. The maximum absolute atomic E-state index is 12.6. The van der Waals surface area contributed by atoms with Crippen molar-refractivity contribution >= 4 is 22.4 Å². The Kier molecular flexibility index (Phi) is 3.56. The first-order valence-electron chi connectivity index (χ1n) is 8.00. The van der Waals surface area contributed by atoms with Gasteiger partial charge in [0.25, 0.3) is 5.91 Å². The second-order valence-electron chi connectivity index (χ2n) is 6.39. The fourth-order valence-corrected chi connectivity index (χ4v) is 4.03. The van der Waals surface area contributed by atoms with Gasteiger partial charge in [0.05, 0.1) is 11.8 Å². The summed E-state index contributed by atoms with van der Waals surface area (Å²) in [6, 6.07) is 0.143. The van der Waals surface area contributed by atoms with Crippen molar-refractivity contribution in [1.29, 1.82) is 0 Å². The van der Waals surface area contributed by atoms with Crippen LogP contribution in [0.3, 0.4) is 0 Å². The first-order valence-corrected chi connectivity index (χ1v) is 8.81. The molecule has 1 aliphatic heterocycles. The van der Waals surface area contributed by atoms with Gasteiger partial charge in [-0.2, -0.15) is 5.10 Å². The molecule has 1 saturated heterocycles. The van der Waals surface area contributed by atoms with Crippen LogP contribution in [0, 0.1) is 0 Å². The first-order chi connectivity index (χ1) is 11.1. The lowest BCUT2D eigenvalue weighted by atomic mass is 10.1. The predicted octanol–water partition coefficient (Wildman–Crippen LogP) is 1.50. The summed E-state index contributed by atoms with van der Waals surface area (Å²) in [4.78, 5) is 16.8. The van der Waals surface area contributed by atoms with Gasteiger partial charge in [-0.3, -0.25) is 9.48 Å². The van der Waals surface area contributed by atoms with Crippen molar-refractivity contribution in [2.24, 2.45) is 7.05 Å². The molecule has 0 N–H and O–H groups in total. The highest BCUT2D eigenvalue weighted by Crippen LogP contribution is 2.42. The Morgan fingerprint density at radius 3 is 2.78 bits per heavy atom. The van der Waals surface area contributed by atoms with E-state index in [0.29, 0.717) is 18.0 Å². The molecule has 122 valence electrons. The van der Waals surface area contributed by atoms with E-state index in [1.807, 2.05) is 11.9 Å². The molecule has 1 atom stereocenters. The summed E-state index contributed by atoms with van der Waals surface area (Å²) in [5.74, 6) is 0.702. The Labute approximate surface area is 138 Å². The maximum Gasteiger partial charge on any atom is 0.257 e. The van der Waals surface area contributed by atoms with Gasteiger partial charge in [0.15, 0.2) is 0 Å². The average molecular weight is 332 g/mol. The number of amides is 1. The van der Waals surface area contributed by atoms with E-state index in [1.165, 1.54) is 17.8 Å². The quantitative estimate of drug-likeness (QED) is 0.852. The van der Waals surface area contributed by atoms with E-state index in [9.17, 15) is 4.79 Å². The van der Waals surface area contributed by atoms with Crippen molar-refractivity contribution in [3.05, 3.63) is 23.0 Å². The predicted molar refractivity (Wildman–Crippen MR) is 87.8 cm³/mol. The molecule has 4 rings (SSSR count). The maximum atomic E-state index is 12.6. The molecular weight excluding hydrogens is 312 g/mol. The van der Waals surface area contributed by atoms with E-state index in [4.69, 9.17) is 0 Å². The molecule has 2 aromatic heterocycles. The second kappa shape index (κ2) is 5.59. The lowest BCUT2D eigenvalue weighted by Crippen LogP contribution is -2.54. The van der Waals surface area contributed by atoms with E-state index < -0.39 is 0 Å². The molecule has 8 heteroatoms. The van der Waals surface area contributed by atoms with E-state index in [-0.39, 0.29) is 11.9 Å². The molecule has 23 heavy (non-hydrogen) atoms. The summed E-state index contributed by atoms with van der Waals surface area (Å²) in [6.45, 7) is 4.39. The number of aryl methyl sites for hydroxylation is 1. The number of carbonyl (C=O) groups is 1. The van der Waals surface area contributed by atoms with Gasteiger partial charge in [-0.1, -0.05) is 11.3 Å². The van der Waals surface area contributed by atoms with Crippen molar-refractivity contribution in [2.75, 3.05) is 24.5 Å². The molecule has 0 spiro atoms. The third kappa shape index (κ3) is 2.83. The summed E-state index contributed by atoms with van der Waals surface area (Å²) in [7, 11) is 1.82. The number of hydrogen-bond donors (Lipinski definition) is 0. The Hall–Kier alpha value is -1.96.